The zero-order valence-corrected chi connectivity index (χ0v) is 11.6. The van der Waals surface area contributed by atoms with Crippen molar-refractivity contribution in [3.05, 3.63) is 54.2 Å². The van der Waals surface area contributed by atoms with Crippen LogP contribution in [0.3, 0.4) is 0 Å². The second kappa shape index (κ2) is 4.97. The first kappa shape index (κ1) is 14.1. The quantitative estimate of drug-likeness (QED) is 0.905. The van der Waals surface area contributed by atoms with Crippen LogP contribution in [0.5, 0.6) is 0 Å². The summed E-state index contributed by atoms with van der Waals surface area (Å²) in [6, 6.07) is 9.06. The molecule has 20 heavy (non-hydrogen) atoms. The van der Waals surface area contributed by atoms with E-state index < -0.39 is 16.0 Å². The molecule has 5 nitrogen and oxygen atoms in total. The van der Waals surface area contributed by atoms with Crippen LogP contribution in [0.25, 0.3) is 10.8 Å². The summed E-state index contributed by atoms with van der Waals surface area (Å²) in [7, 11) is -3.77. The van der Waals surface area contributed by atoms with Crippen molar-refractivity contribution < 1.29 is 18.3 Å². The Hall–Kier alpha value is -2.34. The van der Waals surface area contributed by atoms with Gasteiger partial charge in [-0.1, -0.05) is 30.8 Å². The van der Waals surface area contributed by atoms with Crippen molar-refractivity contribution in [1.29, 1.82) is 0 Å². The number of hydrogen-bond acceptors (Lipinski definition) is 3. The third-order valence-electron chi connectivity index (χ3n) is 2.71. The molecule has 0 amide bonds. The Morgan fingerprint density at radius 2 is 1.75 bits per heavy atom. The van der Waals surface area contributed by atoms with Gasteiger partial charge in [0.25, 0.3) is 10.0 Å². The van der Waals surface area contributed by atoms with Crippen molar-refractivity contribution in [1.82, 2.24) is 4.72 Å². The van der Waals surface area contributed by atoms with Crippen LogP contribution < -0.4 is 4.72 Å². The molecule has 0 aliphatic carbocycles. The number of aromatic carboxylic acids is 1. The number of nitrogens with one attached hydrogen (secondary N) is 1. The molecule has 0 spiro atoms. The van der Waals surface area contributed by atoms with Crippen LogP contribution in [0.4, 0.5) is 0 Å². The molecule has 6 heteroatoms. The Kier molecular flexibility index (Phi) is 3.50. The van der Waals surface area contributed by atoms with E-state index in [-0.39, 0.29) is 16.2 Å². The fraction of sp³-hybridized carbons (Fsp3) is 0.0714. The fourth-order valence-corrected chi connectivity index (χ4v) is 3.28. The van der Waals surface area contributed by atoms with Gasteiger partial charge in [0, 0.05) is 11.1 Å². The van der Waals surface area contributed by atoms with E-state index in [1.165, 1.54) is 31.2 Å². The van der Waals surface area contributed by atoms with E-state index in [1.54, 1.807) is 12.1 Å². The predicted molar refractivity (Wildman–Crippen MR) is 76.0 cm³/mol. The van der Waals surface area contributed by atoms with Crippen LogP contribution in [0.15, 0.2) is 53.6 Å². The number of carbonyl (C=O) groups is 1. The minimum atomic E-state index is -3.77. The highest BCUT2D eigenvalue weighted by atomic mass is 32.2. The Morgan fingerprint density at radius 3 is 2.35 bits per heavy atom. The highest BCUT2D eigenvalue weighted by molar-refractivity contribution is 7.89. The van der Waals surface area contributed by atoms with E-state index in [9.17, 15) is 13.2 Å². The summed E-state index contributed by atoms with van der Waals surface area (Å²) in [6.07, 6.45) is 0. The van der Waals surface area contributed by atoms with Crippen LogP contribution in [0, 0.1) is 0 Å². The first-order valence-corrected chi connectivity index (χ1v) is 7.24. The Labute approximate surface area is 116 Å². The number of sulfonamides is 1. The second-order valence-corrected chi connectivity index (χ2v) is 6.00. The zero-order valence-electron chi connectivity index (χ0n) is 10.8. The van der Waals surface area contributed by atoms with Gasteiger partial charge < -0.3 is 5.11 Å². The van der Waals surface area contributed by atoms with Crippen molar-refractivity contribution >= 4 is 26.8 Å². The maximum absolute atomic E-state index is 12.2. The molecule has 0 radical (unpaired) electrons. The standard InChI is InChI=1S/C14H13NO4S/c1-9(2)15-20(18,19)13-8-4-5-10-11(13)6-3-7-12(10)14(16)17/h3-8,15H,1H2,2H3,(H,16,17). The number of hydrogen-bond donors (Lipinski definition) is 2. The number of fused-ring (bicyclic) bond motifs is 1. The van der Waals surface area contributed by atoms with Gasteiger partial charge in [0.2, 0.25) is 0 Å². The minimum absolute atomic E-state index is 0.0288. The van der Waals surface area contributed by atoms with E-state index in [0.29, 0.717) is 10.8 Å². The number of benzene rings is 2. The van der Waals surface area contributed by atoms with Gasteiger partial charge in [-0.2, -0.15) is 0 Å². The lowest BCUT2D eigenvalue weighted by Crippen LogP contribution is -2.21. The smallest absolute Gasteiger partial charge is 0.336 e. The largest absolute Gasteiger partial charge is 0.478 e. The molecule has 2 rings (SSSR count). The van der Waals surface area contributed by atoms with Gasteiger partial charge in [0.15, 0.2) is 0 Å². The van der Waals surface area contributed by atoms with E-state index in [2.05, 4.69) is 11.3 Å². The Bertz CT molecular complexity index is 809. The molecular formula is C14H13NO4S. The molecule has 0 aromatic heterocycles. The molecule has 0 unspecified atom stereocenters. The molecule has 0 fully saturated rings. The second-order valence-electron chi connectivity index (χ2n) is 4.35. The molecule has 104 valence electrons. The predicted octanol–water partition coefficient (Wildman–Crippen LogP) is 2.35. The third kappa shape index (κ3) is 2.50. The SMILES string of the molecule is C=C(C)NS(=O)(=O)c1cccc2c(C(=O)O)cccc12. The third-order valence-corrected chi connectivity index (χ3v) is 4.26. The zero-order chi connectivity index (χ0) is 14.9. The van der Waals surface area contributed by atoms with Gasteiger partial charge in [-0.05, 0) is 24.4 Å². The molecule has 0 saturated carbocycles. The van der Waals surface area contributed by atoms with Gasteiger partial charge in [-0.3, -0.25) is 4.72 Å². The van der Waals surface area contributed by atoms with Gasteiger partial charge in [0.05, 0.1) is 10.5 Å². The van der Waals surface area contributed by atoms with Crippen LogP contribution in [0.2, 0.25) is 0 Å². The lowest BCUT2D eigenvalue weighted by molar-refractivity contribution is 0.0699. The molecular weight excluding hydrogens is 278 g/mol. The topological polar surface area (TPSA) is 83.5 Å². The number of allylic oxidation sites excluding steroid dienone is 1. The minimum Gasteiger partial charge on any atom is -0.478 e. The summed E-state index contributed by atoms with van der Waals surface area (Å²) in [4.78, 5) is 11.2. The highest BCUT2D eigenvalue weighted by Crippen LogP contribution is 2.26. The van der Waals surface area contributed by atoms with Crippen LogP contribution in [-0.4, -0.2) is 19.5 Å². The molecule has 0 aliphatic rings. The van der Waals surface area contributed by atoms with Gasteiger partial charge in [-0.15, -0.1) is 0 Å². The summed E-state index contributed by atoms with van der Waals surface area (Å²) in [5, 5.41) is 9.88. The lowest BCUT2D eigenvalue weighted by Gasteiger charge is -2.11. The monoisotopic (exact) mass is 291 g/mol. The first-order chi connectivity index (χ1) is 9.33. The van der Waals surface area contributed by atoms with Crippen LogP contribution in [0.1, 0.15) is 17.3 Å². The number of rotatable bonds is 4. The molecule has 2 aromatic rings. The van der Waals surface area contributed by atoms with E-state index >= 15 is 0 Å². The van der Waals surface area contributed by atoms with Crippen LogP contribution in [-0.2, 0) is 10.0 Å². The Balaban J connectivity index is 2.77. The molecule has 0 heterocycles. The van der Waals surface area contributed by atoms with Crippen molar-refractivity contribution in [2.24, 2.45) is 0 Å². The van der Waals surface area contributed by atoms with E-state index in [1.807, 2.05) is 0 Å². The number of carboxylic acid groups (broad SMARTS) is 1. The van der Waals surface area contributed by atoms with Gasteiger partial charge in [-0.25, -0.2) is 13.2 Å². The summed E-state index contributed by atoms with van der Waals surface area (Å²) >= 11 is 0. The maximum atomic E-state index is 12.2. The van der Waals surface area contributed by atoms with Crippen LogP contribution >= 0.6 is 0 Å². The van der Waals surface area contributed by atoms with Crippen molar-refractivity contribution in [2.45, 2.75) is 11.8 Å². The lowest BCUT2D eigenvalue weighted by atomic mass is 10.0. The average Bonchev–Trinajstić information content (AvgIpc) is 2.35. The van der Waals surface area contributed by atoms with E-state index in [0.717, 1.165) is 0 Å². The van der Waals surface area contributed by atoms with Crippen molar-refractivity contribution in [3.8, 4) is 0 Å². The summed E-state index contributed by atoms with van der Waals surface area (Å²) in [5.74, 6) is -1.10. The molecule has 0 atom stereocenters. The molecule has 2 aromatic carbocycles. The van der Waals surface area contributed by atoms with Gasteiger partial charge in [0.1, 0.15) is 0 Å². The molecule has 2 N–H and O–H groups in total. The van der Waals surface area contributed by atoms with E-state index in [4.69, 9.17) is 5.11 Å². The number of carboxylic acids is 1. The molecule has 0 bridgehead atoms. The maximum Gasteiger partial charge on any atom is 0.336 e. The molecule has 0 aliphatic heterocycles. The summed E-state index contributed by atoms with van der Waals surface area (Å²) < 4.78 is 26.7. The summed E-state index contributed by atoms with van der Waals surface area (Å²) in [5.41, 5.74) is 0.353. The normalized spacial score (nSPS) is 11.2. The Morgan fingerprint density at radius 1 is 1.15 bits per heavy atom. The summed E-state index contributed by atoms with van der Waals surface area (Å²) in [6.45, 7) is 5.04. The van der Waals surface area contributed by atoms with Crippen molar-refractivity contribution in [3.63, 3.8) is 0 Å². The highest BCUT2D eigenvalue weighted by Gasteiger charge is 2.18. The molecule has 0 saturated heterocycles. The average molecular weight is 291 g/mol. The van der Waals surface area contributed by atoms with Crippen molar-refractivity contribution in [2.75, 3.05) is 0 Å². The van der Waals surface area contributed by atoms with Gasteiger partial charge >= 0.3 is 5.97 Å². The fourth-order valence-electron chi connectivity index (χ4n) is 1.99. The first-order valence-electron chi connectivity index (χ1n) is 5.76.